The molecule has 2 aromatic heterocycles. The molecule has 3 heterocycles. The Hall–Kier alpha value is -3.73. The molecule has 0 saturated carbocycles. The van der Waals surface area contributed by atoms with E-state index in [-0.39, 0.29) is 35.3 Å². The van der Waals surface area contributed by atoms with Crippen LogP contribution in [0.25, 0.3) is 5.52 Å². The molecule has 0 unspecified atom stereocenters. The number of nitriles is 1. The van der Waals surface area contributed by atoms with Crippen molar-refractivity contribution in [3.8, 4) is 11.8 Å². The van der Waals surface area contributed by atoms with E-state index in [0.717, 1.165) is 36.4 Å². The zero-order valence-electron chi connectivity index (χ0n) is 19.3. The van der Waals surface area contributed by atoms with E-state index in [4.69, 9.17) is 10.00 Å². The molecule has 0 radical (unpaired) electrons. The summed E-state index contributed by atoms with van der Waals surface area (Å²) in [5, 5.41) is 28.6. The SMILES string of the molecule is CN(N=Cc1cnn2ccc(C#N)cc12)S(=O)(=O)c1cc([N+](=O)[O-])ccc1OCCN1CCCC1.Cl. The fourth-order valence-electron chi connectivity index (χ4n) is 3.74. The first-order valence-electron chi connectivity index (χ1n) is 10.8. The number of pyridine rings is 1. The first kappa shape index (κ1) is 26.9. The number of aromatic nitrogens is 2. The molecule has 1 saturated heterocycles. The molecule has 0 bridgehead atoms. The van der Waals surface area contributed by atoms with Crippen molar-refractivity contribution in [1.29, 1.82) is 5.26 Å². The van der Waals surface area contributed by atoms with E-state index in [1.165, 1.54) is 36.1 Å². The molecule has 3 aromatic rings. The van der Waals surface area contributed by atoms with Gasteiger partial charge in [0.2, 0.25) is 0 Å². The van der Waals surface area contributed by atoms with Gasteiger partial charge in [-0.25, -0.2) is 4.52 Å². The molecular weight excluding hydrogens is 510 g/mol. The fourth-order valence-corrected chi connectivity index (χ4v) is 4.85. The van der Waals surface area contributed by atoms with E-state index in [9.17, 15) is 18.5 Å². The number of hydrazone groups is 1. The van der Waals surface area contributed by atoms with Gasteiger partial charge in [0, 0.05) is 37.5 Å². The lowest BCUT2D eigenvalue weighted by Crippen LogP contribution is -2.26. The van der Waals surface area contributed by atoms with Crippen molar-refractivity contribution in [2.24, 2.45) is 5.10 Å². The molecule has 1 aromatic carbocycles. The maximum atomic E-state index is 13.3. The van der Waals surface area contributed by atoms with Crippen molar-refractivity contribution in [2.45, 2.75) is 17.7 Å². The maximum Gasteiger partial charge on any atom is 0.282 e. The van der Waals surface area contributed by atoms with Crippen LogP contribution in [0.5, 0.6) is 5.75 Å². The van der Waals surface area contributed by atoms with Gasteiger partial charge in [-0.15, -0.1) is 12.4 Å². The number of benzene rings is 1. The fraction of sp³-hybridized carbons (Fsp3) is 0.318. The molecular formula is C22H24ClN7O5S. The van der Waals surface area contributed by atoms with E-state index in [0.29, 0.717) is 23.2 Å². The number of nitrogens with zero attached hydrogens (tertiary/aromatic N) is 7. The third kappa shape index (κ3) is 5.73. The molecule has 0 spiro atoms. The van der Waals surface area contributed by atoms with Crippen LogP contribution in [0.15, 0.2) is 52.7 Å². The van der Waals surface area contributed by atoms with Gasteiger partial charge in [-0.05, 0) is 44.1 Å². The summed E-state index contributed by atoms with van der Waals surface area (Å²) in [5.41, 5.74) is 1.10. The number of fused-ring (bicyclic) bond motifs is 1. The predicted octanol–water partition coefficient (Wildman–Crippen LogP) is 2.67. The highest BCUT2D eigenvalue weighted by atomic mass is 35.5. The Bertz CT molecular complexity index is 1430. The number of nitro groups is 1. The molecule has 1 fully saturated rings. The van der Waals surface area contributed by atoms with Gasteiger partial charge in [0.05, 0.1) is 34.5 Å². The third-order valence-electron chi connectivity index (χ3n) is 5.67. The summed E-state index contributed by atoms with van der Waals surface area (Å²) in [6, 6.07) is 8.72. The lowest BCUT2D eigenvalue weighted by atomic mass is 10.2. The summed E-state index contributed by atoms with van der Waals surface area (Å²) in [4.78, 5) is 12.5. The normalized spacial score (nSPS) is 14.0. The van der Waals surface area contributed by atoms with Gasteiger partial charge in [-0.2, -0.15) is 28.3 Å². The average molecular weight is 534 g/mol. The Morgan fingerprint density at radius 3 is 2.75 bits per heavy atom. The summed E-state index contributed by atoms with van der Waals surface area (Å²) in [5.74, 6) is 0.0199. The van der Waals surface area contributed by atoms with Crippen molar-refractivity contribution >= 4 is 39.8 Å². The maximum absolute atomic E-state index is 13.3. The number of sulfonamides is 1. The molecule has 0 atom stereocenters. The highest BCUT2D eigenvalue weighted by Crippen LogP contribution is 2.30. The van der Waals surface area contributed by atoms with Crippen LogP contribution in [0.4, 0.5) is 5.69 Å². The van der Waals surface area contributed by atoms with E-state index >= 15 is 0 Å². The van der Waals surface area contributed by atoms with Crippen LogP contribution in [-0.4, -0.2) is 71.8 Å². The average Bonchev–Trinajstić information content (AvgIpc) is 3.52. The molecule has 190 valence electrons. The molecule has 1 aliphatic rings. The minimum Gasteiger partial charge on any atom is -0.491 e. The smallest absolute Gasteiger partial charge is 0.282 e. The van der Waals surface area contributed by atoms with Crippen LogP contribution in [0.3, 0.4) is 0 Å². The van der Waals surface area contributed by atoms with Crippen molar-refractivity contribution in [3.05, 3.63) is 64.0 Å². The third-order valence-corrected chi connectivity index (χ3v) is 7.33. The lowest BCUT2D eigenvalue weighted by molar-refractivity contribution is -0.385. The number of rotatable bonds is 9. The molecule has 4 rings (SSSR count). The van der Waals surface area contributed by atoms with E-state index in [1.807, 2.05) is 6.07 Å². The molecule has 0 aliphatic carbocycles. The molecule has 1 aliphatic heterocycles. The Labute approximate surface area is 214 Å². The second-order valence-electron chi connectivity index (χ2n) is 7.93. The largest absolute Gasteiger partial charge is 0.491 e. The van der Waals surface area contributed by atoms with Crippen molar-refractivity contribution in [2.75, 3.05) is 33.3 Å². The summed E-state index contributed by atoms with van der Waals surface area (Å²) in [7, 11) is -3.05. The Morgan fingerprint density at radius 2 is 2.06 bits per heavy atom. The number of non-ortho nitro benzene ring substituents is 1. The van der Waals surface area contributed by atoms with E-state index in [1.54, 1.807) is 18.3 Å². The number of halogens is 1. The number of hydrogen-bond donors (Lipinski definition) is 0. The summed E-state index contributed by atoms with van der Waals surface area (Å²) < 4.78 is 34.6. The van der Waals surface area contributed by atoms with Gasteiger partial charge in [0.25, 0.3) is 15.7 Å². The number of hydrogen-bond acceptors (Lipinski definition) is 9. The molecule has 36 heavy (non-hydrogen) atoms. The topological polar surface area (TPSA) is 146 Å². The number of likely N-dealkylation sites (tertiary alicyclic amines) is 1. The van der Waals surface area contributed by atoms with Crippen molar-refractivity contribution in [1.82, 2.24) is 18.9 Å². The van der Waals surface area contributed by atoms with Gasteiger partial charge >= 0.3 is 0 Å². The Morgan fingerprint density at radius 1 is 1.31 bits per heavy atom. The summed E-state index contributed by atoms with van der Waals surface area (Å²) >= 11 is 0. The monoisotopic (exact) mass is 533 g/mol. The number of nitro benzene ring substituents is 1. The quantitative estimate of drug-likeness (QED) is 0.232. The van der Waals surface area contributed by atoms with Gasteiger partial charge in [0.15, 0.2) is 0 Å². The highest BCUT2D eigenvalue weighted by Gasteiger charge is 2.27. The van der Waals surface area contributed by atoms with Gasteiger partial charge < -0.3 is 4.74 Å². The molecule has 12 nitrogen and oxygen atoms in total. The van der Waals surface area contributed by atoms with E-state index < -0.39 is 14.9 Å². The Kier molecular flexibility index (Phi) is 8.46. The molecule has 0 N–H and O–H groups in total. The molecule has 14 heteroatoms. The van der Waals surface area contributed by atoms with E-state index in [2.05, 4.69) is 15.1 Å². The van der Waals surface area contributed by atoms with Crippen LogP contribution in [0.2, 0.25) is 0 Å². The first-order chi connectivity index (χ1) is 16.8. The first-order valence-corrected chi connectivity index (χ1v) is 12.3. The van der Waals surface area contributed by atoms with Crippen LogP contribution in [0, 0.1) is 21.4 Å². The summed E-state index contributed by atoms with van der Waals surface area (Å²) in [6.07, 6.45) is 6.63. The zero-order chi connectivity index (χ0) is 25.0. The lowest BCUT2D eigenvalue weighted by Gasteiger charge is -2.18. The number of ether oxygens (including phenoxy) is 1. The van der Waals surface area contributed by atoms with Crippen LogP contribution in [0.1, 0.15) is 24.0 Å². The highest BCUT2D eigenvalue weighted by molar-refractivity contribution is 7.89. The predicted molar refractivity (Wildman–Crippen MR) is 134 cm³/mol. The second-order valence-corrected chi connectivity index (χ2v) is 9.84. The van der Waals surface area contributed by atoms with Gasteiger partial charge in [-0.1, -0.05) is 0 Å². The molecule has 0 amide bonds. The minimum atomic E-state index is -4.28. The summed E-state index contributed by atoms with van der Waals surface area (Å²) in [6.45, 7) is 2.80. The standard InChI is InChI=1S/C22H23N7O5S.ClH/c1-26(24-15-18-16-25-28-9-6-17(14-23)12-20(18)28)35(32,33)22-13-19(29(30)31)4-5-21(22)34-11-10-27-7-2-3-8-27;/h4-6,9,12-13,15-16H,2-3,7-8,10-11H2,1H3;1H. The van der Waals surface area contributed by atoms with Crippen molar-refractivity contribution in [3.63, 3.8) is 0 Å². The minimum absolute atomic E-state index is 0. The zero-order valence-corrected chi connectivity index (χ0v) is 21.0. The second kappa shape index (κ2) is 11.3. The van der Waals surface area contributed by atoms with Crippen LogP contribution in [-0.2, 0) is 10.0 Å². The van der Waals surface area contributed by atoms with Gasteiger partial charge in [0.1, 0.15) is 17.3 Å². The van der Waals surface area contributed by atoms with Crippen LogP contribution < -0.4 is 4.74 Å². The van der Waals surface area contributed by atoms with Crippen molar-refractivity contribution < 1.29 is 18.1 Å². The van der Waals surface area contributed by atoms with Gasteiger partial charge in [-0.3, -0.25) is 15.0 Å². The van der Waals surface area contributed by atoms with Crippen LogP contribution >= 0.6 is 12.4 Å². The Balaban J connectivity index is 0.00000361.